The molecule has 7 rings (SSSR count). The van der Waals surface area contributed by atoms with Crippen molar-refractivity contribution in [3.05, 3.63) is 182 Å². The first-order chi connectivity index (χ1) is 35.4. The summed E-state index contributed by atoms with van der Waals surface area (Å²) in [5, 5.41) is 27.8. The highest BCUT2D eigenvalue weighted by Gasteiger charge is 2.39. The number of carbonyl (C=O) groups is 3. The second kappa shape index (κ2) is 24.7. The number of aromatic nitrogens is 4. The summed E-state index contributed by atoms with van der Waals surface area (Å²) in [7, 11) is 4.61. The van der Waals surface area contributed by atoms with Gasteiger partial charge in [-0.05, 0) is 52.1 Å². The number of hydrogen-bond acceptors (Lipinski definition) is 16. The molecule has 0 radical (unpaired) electrons. The number of carbonyl (C=O) groups excluding carboxylic acids is 3. The Labute approximate surface area is 418 Å². The zero-order valence-corrected chi connectivity index (χ0v) is 40.1. The maximum atomic E-state index is 14.3. The number of esters is 1. The van der Waals surface area contributed by atoms with E-state index in [1.54, 1.807) is 38.5 Å². The molecule has 0 aliphatic rings. The molecule has 0 saturated heterocycles. The first-order valence-electron chi connectivity index (χ1n) is 23.0. The van der Waals surface area contributed by atoms with E-state index in [9.17, 15) is 34.6 Å². The second-order valence-electron chi connectivity index (χ2n) is 16.3. The predicted octanol–water partition coefficient (Wildman–Crippen LogP) is 6.47. The smallest absolute Gasteiger partial charge is 0.321 e. The number of rotatable bonds is 26. The topological polar surface area (TPSA) is 261 Å². The molecule has 2 heterocycles. The lowest BCUT2D eigenvalue weighted by Crippen LogP contribution is -2.46. The van der Waals surface area contributed by atoms with Gasteiger partial charge in [-0.2, -0.15) is 9.97 Å². The maximum Gasteiger partial charge on any atom is 0.321 e. The molecule has 0 bridgehead atoms. The van der Waals surface area contributed by atoms with Crippen LogP contribution in [0.1, 0.15) is 40.7 Å². The van der Waals surface area contributed by atoms with Crippen LogP contribution in [0.2, 0.25) is 0 Å². The average Bonchev–Trinajstić information content (AvgIpc) is 3.82. The molecule has 2 aromatic heterocycles. The van der Waals surface area contributed by atoms with Gasteiger partial charge in [0.1, 0.15) is 30.3 Å². The first-order valence-corrected chi connectivity index (χ1v) is 23.0. The van der Waals surface area contributed by atoms with Crippen molar-refractivity contribution in [3.63, 3.8) is 0 Å². The number of methoxy groups -OCH3 is 2. The summed E-state index contributed by atoms with van der Waals surface area (Å²) in [5.41, 5.74) is 2.70. The molecule has 1 atom stereocenters. The summed E-state index contributed by atoms with van der Waals surface area (Å²) in [6.45, 7) is -0.726. The highest BCUT2D eigenvalue weighted by Crippen LogP contribution is 2.42. The fourth-order valence-corrected chi connectivity index (χ4v) is 7.74. The van der Waals surface area contributed by atoms with Gasteiger partial charge in [0.15, 0.2) is 11.2 Å². The van der Waals surface area contributed by atoms with Crippen molar-refractivity contribution in [2.24, 2.45) is 0 Å². The van der Waals surface area contributed by atoms with E-state index >= 15 is 0 Å². The Bertz CT molecular complexity index is 2940. The fraction of sp³-hybridized carbons (Fsp3) is 0.269. The predicted molar refractivity (Wildman–Crippen MR) is 264 cm³/mol. The highest BCUT2D eigenvalue weighted by molar-refractivity contribution is 5.82. The monoisotopic (exact) mass is 996 g/mol. The lowest BCUT2D eigenvalue weighted by Gasteiger charge is -2.37. The summed E-state index contributed by atoms with van der Waals surface area (Å²) < 4.78 is 37.3. The number of nitro groups is 2. The van der Waals surface area contributed by atoms with Crippen molar-refractivity contribution in [3.8, 4) is 23.4 Å². The Morgan fingerprint density at radius 1 is 0.671 bits per heavy atom. The number of amides is 2. The van der Waals surface area contributed by atoms with Crippen molar-refractivity contribution in [2.45, 2.75) is 43.9 Å². The van der Waals surface area contributed by atoms with Crippen LogP contribution in [0.4, 0.5) is 11.4 Å². The molecule has 7 aromatic rings. The Kier molecular flexibility index (Phi) is 17.6. The third-order valence-corrected chi connectivity index (χ3v) is 11.6. The lowest BCUT2D eigenvalue weighted by molar-refractivity contribution is -0.385. The third-order valence-electron chi connectivity index (χ3n) is 11.6. The van der Waals surface area contributed by atoms with Crippen LogP contribution in [0.15, 0.2) is 134 Å². The minimum atomic E-state index is -1.30. The van der Waals surface area contributed by atoms with Crippen LogP contribution in [-0.4, -0.2) is 101 Å². The van der Waals surface area contributed by atoms with Gasteiger partial charge in [-0.25, -0.2) is 4.98 Å². The van der Waals surface area contributed by atoms with E-state index in [0.29, 0.717) is 24.3 Å². The van der Waals surface area contributed by atoms with Gasteiger partial charge in [0.25, 0.3) is 11.4 Å². The van der Waals surface area contributed by atoms with E-state index in [1.165, 1.54) is 42.2 Å². The SMILES string of the molecule is CNC(=O)CCC(=O)OC[C@H](COC(c1ccccc1)(c1ccc(OC)cc1)c1ccc(OC)cc1)NC(=O)Cn1cnc2c(OCCc3ccc([N+](=O)[O-])cc3)nc(OCCc3ccc([N+](=O)[O-])cc3)nc21. The molecule has 378 valence electrons. The van der Waals surface area contributed by atoms with Gasteiger partial charge in [0.2, 0.25) is 17.7 Å². The molecule has 0 aliphatic carbocycles. The van der Waals surface area contributed by atoms with Crippen molar-refractivity contribution >= 4 is 40.3 Å². The Morgan fingerprint density at radius 3 is 1.75 bits per heavy atom. The zero-order chi connectivity index (χ0) is 51.7. The van der Waals surface area contributed by atoms with Crippen molar-refractivity contribution < 1.29 is 52.7 Å². The number of fused-ring (bicyclic) bond motifs is 1. The largest absolute Gasteiger partial charge is 0.497 e. The highest BCUT2D eigenvalue weighted by atomic mass is 16.6. The molecular weight excluding hydrogens is 945 g/mol. The van der Waals surface area contributed by atoms with Crippen LogP contribution < -0.4 is 29.6 Å². The molecule has 2 amide bonds. The lowest BCUT2D eigenvalue weighted by atomic mass is 9.80. The molecule has 0 saturated carbocycles. The number of nitrogens with one attached hydrogen (secondary N) is 2. The maximum absolute atomic E-state index is 14.3. The van der Waals surface area contributed by atoms with Gasteiger partial charge in [-0.3, -0.25) is 34.6 Å². The molecule has 0 aliphatic heterocycles. The molecular formula is C52H52N8O13. The quantitative estimate of drug-likeness (QED) is 0.0255. The third kappa shape index (κ3) is 13.5. The van der Waals surface area contributed by atoms with Crippen molar-refractivity contribution in [1.82, 2.24) is 30.2 Å². The number of non-ortho nitro benzene ring substituents is 2. The van der Waals surface area contributed by atoms with Crippen LogP contribution in [0.5, 0.6) is 23.4 Å². The summed E-state index contributed by atoms with van der Waals surface area (Å²) in [4.78, 5) is 74.2. The van der Waals surface area contributed by atoms with Gasteiger partial charge >= 0.3 is 12.0 Å². The number of benzene rings is 5. The Morgan fingerprint density at radius 2 is 1.22 bits per heavy atom. The summed E-state index contributed by atoms with van der Waals surface area (Å²) in [5.74, 6) is -0.276. The Balaban J connectivity index is 1.17. The van der Waals surface area contributed by atoms with Gasteiger partial charge in [0, 0.05) is 50.6 Å². The molecule has 2 N–H and O–H groups in total. The standard InChI is InChI=1S/C52H52N8O13/c1-53-45(61)25-26-47(63)72-32-40(33-73-52(37-7-5-4-6-8-37,38-13-21-43(68-2)22-14-38)39-15-23-44(69-3)24-16-39)55-46(62)31-58-34-54-48-49(58)56-51(71-30-28-36-11-19-42(20-12-36)60(66)67)57-50(48)70-29-27-35-9-17-41(18-10-35)59(64)65/h4-24,34,40H,25-33H2,1-3H3,(H,53,61)(H,55,62)/t40-/m1/s1. The van der Waals surface area contributed by atoms with E-state index in [4.69, 9.17) is 28.4 Å². The Hall–Kier alpha value is -8.98. The summed E-state index contributed by atoms with van der Waals surface area (Å²) >= 11 is 0. The minimum absolute atomic E-state index is 0.0423. The van der Waals surface area contributed by atoms with E-state index in [-0.39, 0.29) is 86.2 Å². The van der Waals surface area contributed by atoms with E-state index in [1.807, 2.05) is 78.9 Å². The second-order valence-corrected chi connectivity index (χ2v) is 16.3. The van der Waals surface area contributed by atoms with Gasteiger partial charge < -0.3 is 43.6 Å². The number of nitrogens with zero attached hydrogens (tertiary/aromatic N) is 6. The van der Waals surface area contributed by atoms with E-state index in [2.05, 4.69) is 25.6 Å². The van der Waals surface area contributed by atoms with E-state index < -0.39 is 33.4 Å². The van der Waals surface area contributed by atoms with Crippen LogP contribution >= 0.6 is 0 Å². The molecule has 0 spiro atoms. The number of nitro benzene ring substituents is 2. The summed E-state index contributed by atoms with van der Waals surface area (Å²) in [6, 6.07) is 35.3. The summed E-state index contributed by atoms with van der Waals surface area (Å²) in [6.07, 6.45) is 1.78. The molecule has 0 unspecified atom stereocenters. The van der Waals surface area contributed by atoms with Crippen molar-refractivity contribution in [1.29, 1.82) is 0 Å². The molecule has 21 nitrogen and oxygen atoms in total. The number of hydrogen-bond donors (Lipinski definition) is 2. The van der Waals surface area contributed by atoms with Crippen LogP contribution in [0.25, 0.3) is 11.2 Å². The van der Waals surface area contributed by atoms with Crippen molar-refractivity contribution in [2.75, 3.05) is 47.7 Å². The van der Waals surface area contributed by atoms with Gasteiger partial charge in [0.05, 0.1) is 62.7 Å². The average molecular weight is 997 g/mol. The number of ether oxygens (including phenoxy) is 6. The minimum Gasteiger partial charge on any atom is -0.497 e. The molecule has 5 aromatic carbocycles. The van der Waals surface area contributed by atoms with Crippen LogP contribution in [0.3, 0.4) is 0 Å². The molecule has 73 heavy (non-hydrogen) atoms. The van der Waals surface area contributed by atoms with Gasteiger partial charge in [-0.1, -0.05) is 78.9 Å². The van der Waals surface area contributed by atoms with E-state index in [0.717, 1.165) is 27.8 Å². The number of imidazole rings is 1. The fourth-order valence-electron chi connectivity index (χ4n) is 7.74. The van der Waals surface area contributed by atoms with Crippen LogP contribution in [-0.2, 0) is 48.8 Å². The first kappa shape index (κ1) is 51.9. The zero-order valence-electron chi connectivity index (χ0n) is 40.1. The molecule has 0 fully saturated rings. The van der Waals surface area contributed by atoms with Crippen LogP contribution in [0, 0.1) is 20.2 Å². The normalized spacial score (nSPS) is 11.5. The molecule has 21 heteroatoms. The van der Waals surface area contributed by atoms with Gasteiger partial charge in [-0.15, -0.1) is 0 Å².